The molecule has 0 saturated heterocycles. The maximum Gasteiger partial charge on any atom is 0.414 e. The minimum atomic E-state index is -1.82. The Morgan fingerprint density at radius 1 is 1.22 bits per heavy atom. The lowest BCUT2D eigenvalue weighted by atomic mass is 9.87. The number of hydrogen-bond acceptors (Lipinski definition) is 7. The molecule has 150 valence electrons. The lowest BCUT2D eigenvalue weighted by Gasteiger charge is -2.22. The minimum Gasteiger partial charge on any atom is -0.475 e. The highest BCUT2D eigenvalue weighted by atomic mass is 32.1. The second-order valence-corrected chi connectivity index (χ2v) is 7.45. The van der Waals surface area contributed by atoms with Gasteiger partial charge in [-0.25, -0.2) is 9.59 Å². The van der Waals surface area contributed by atoms with Gasteiger partial charge in [-0.15, -0.1) is 4.37 Å². The third-order valence-electron chi connectivity index (χ3n) is 4.78. The van der Waals surface area contributed by atoms with Gasteiger partial charge in [0.25, 0.3) is 5.88 Å². The average Bonchev–Trinajstić information content (AvgIpc) is 3.11. The van der Waals surface area contributed by atoms with E-state index in [0.29, 0.717) is 0 Å². The Bertz CT molecular complexity index is 643. The van der Waals surface area contributed by atoms with Crippen molar-refractivity contribution in [2.24, 2.45) is 5.92 Å². The fourth-order valence-corrected chi connectivity index (χ4v) is 3.87. The van der Waals surface area contributed by atoms with Crippen LogP contribution in [0, 0.1) is 5.92 Å². The van der Waals surface area contributed by atoms with Gasteiger partial charge in [0.05, 0.1) is 18.3 Å². The number of rotatable bonds is 5. The number of aromatic nitrogens is 2. The summed E-state index contributed by atoms with van der Waals surface area (Å²) in [6.07, 6.45) is 11.5. The molecule has 0 unspecified atom stereocenters. The molecular formula is C18H27N3O5S. The molecule has 1 aliphatic carbocycles. The van der Waals surface area contributed by atoms with Gasteiger partial charge in [-0.1, -0.05) is 38.2 Å². The van der Waals surface area contributed by atoms with E-state index in [1.54, 1.807) is 0 Å². The Morgan fingerprint density at radius 3 is 2.56 bits per heavy atom. The van der Waals surface area contributed by atoms with E-state index in [4.69, 9.17) is 24.5 Å². The van der Waals surface area contributed by atoms with Crippen LogP contribution in [0.15, 0.2) is 6.08 Å². The van der Waals surface area contributed by atoms with E-state index < -0.39 is 11.9 Å². The van der Waals surface area contributed by atoms with Gasteiger partial charge in [-0.2, -0.15) is 4.37 Å². The van der Waals surface area contributed by atoms with E-state index in [9.17, 15) is 0 Å². The molecule has 2 aliphatic rings. The summed E-state index contributed by atoms with van der Waals surface area (Å²) in [6.45, 7) is 2.86. The molecule has 1 saturated carbocycles. The predicted octanol–water partition coefficient (Wildman–Crippen LogP) is 2.76. The molecule has 0 atom stereocenters. The van der Waals surface area contributed by atoms with Gasteiger partial charge in [0, 0.05) is 13.1 Å². The van der Waals surface area contributed by atoms with Crippen LogP contribution in [0.3, 0.4) is 0 Å². The first-order chi connectivity index (χ1) is 13.0. The lowest BCUT2D eigenvalue weighted by molar-refractivity contribution is -0.159. The second kappa shape index (κ2) is 11.0. The number of nitrogens with zero attached hydrogens (tertiary/aromatic N) is 3. The van der Waals surface area contributed by atoms with Crippen molar-refractivity contribution in [3.63, 3.8) is 0 Å². The highest BCUT2D eigenvalue weighted by Gasteiger charge is 2.19. The predicted molar refractivity (Wildman–Crippen MR) is 102 cm³/mol. The molecule has 0 aromatic carbocycles. The van der Waals surface area contributed by atoms with Crippen molar-refractivity contribution in [2.75, 3.05) is 26.7 Å². The number of carbonyl (C=O) groups is 2. The van der Waals surface area contributed by atoms with Gasteiger partial charge in [0.15, 0.2) is 0 Å². The van der Waals surface area contributed by atoms with Crippen molar-refractivity contribution in [3.05, 3.63) is 11.8 Å². The van der Waals surface area contributed by atoms with E-state index in [1.807, 2.05) is 0 Å². The molecule has 27 heavy (non-hydrogen) atoms. The van der Waals surface area contributed by atoms with Crippen molar-refractivity contribution in [2.45, 2.75) is 44.9 Å². The number of ether oxygens (including phenoxy) is 1. The molecule has 2 N–H and O–H groups in total. The number of hydrogen-bond donors (Lipinski definition) is 2. The zero-order valence-corrected chi connectivity index (χ0v) is 16.4. The van der Waals surface area contributed by atoms with Gasteiger partial charge < -0.3 is 19.8 Å². The van der Waals surface area contributed by atoms with E-state index in [1.165, 1.54) is 49.4 Å². The van der Waals surface area contributed by atoms with E-state index >= 15 is 0 Å². The van der Waals surface area contributed by atoms with Gasteiger partial charge >= 0.3 is 11.9 Å². The summed E-state index contributed by atoms with van der Waals surface area (Å²) in [5, 5.41) is 14.8. The third-order valence-corrected chi connectivity index (χ3v) is 5.29. The second-order valence-electron chi connectivity index (χ2n) is 6.93. The summed E-state index contributed by atoms with van der Waals surface area (Å²) in [6, 6.07) is 0. The van der Waals surface area contributed by atoms with Crippen molar-refractivity contribution in [3.8, 4) is 5.88 Å². The first kappa shape index (κ1) is 21.3. The largest absolute Gasteiger partial charge is 0.475 e. The standard InChI is InChI=1S/C16H25N3OS.C2H2O4/c1-19-10-5-8-14(12-19)15-16(18-21-17-15)20-11-9-13-6-3-2-4-7-13;3-1(4)2(5)6/h8,13H,2-7,9-12H2,1H3;(H,3,4)(H,5,6). The fraction of sp³-hybridized carbons (Fsp3) is 0.667. The number of carboxylic acid groups (broad SMARTS) is 2. The van der Waals surface area contributed by atoms with Gasteiger partial charge in [-0.05, 0) is 31.4 Å². The lowest BCUT2D eigenvalue weighted by Crippen LogP contribution is -2.25. The smallest absolute Gasteiger partial charge is 0.414 e. The van der Waals surface area contributed by atoms with Crippen molar-refractivity contribution < 1.29 is 24.5 Å². The monoisotopic (exact) mass is 397 g/mol. The Labute approximate surface area is 163 Å². The van der Waals surface area contributed by atoms with Crippen molar-refractivity contribution >= 4 is 29.2 Å². The normalized spacial score (nSPS) is 18.2. The molecule has 1 aliphatic heterocycles. The summed E-state index contributed by atoms with van der Waals surface area (Å²) in [5.74, 6) is -2.05. The molecule has 1 fully saturated rings. The fourth-order valence-electron chi connectivity index (χ4n) is 3.33. The van der Waals surface area contributed by atoms with Crippen LogP contribution < -0.4 is 4.74 Å². The quantitative estimate of drug-likeness (QED) is 0.729. The molecule has 9 heteroatoms. The van der Waals surface area contributed by atoms with Crippen LogP contribution in [-0.4, -0.2) is 62.5 Å². The first-order valence-corrected chi connectivity index (χ1v) is 10.00. The van der Waals surface area contributed by atoms with Crippen LogP contribution in [-0.2, 0) is 9.59 Å². The van der Waals surface area contributed by atoms with Crippen LogP contribution in [0.5, 0.6) is 5.88 Å². The Balaban J connectivity index is 0.000000380. The highest BCUT2D eigenvalue weighted by molar-refractivity contribution is 6.99. The maximum absolute atomic E-state index is 9.10. The van der Waals surface area contributed by atoms with E-state index in [2.05, 4.69) is 26.8 Å². The Morgan fingerprint density at radius 2 is 1.93 bits per heavy atom. The Kier molecular flexibility index (Phi) is 8.66. The molecular weight excluding hydrogens is 370 g/mol. The SMILES string of the molecule is CN1CCC=C(c2nsnc2OCCC2CCCCC2)C1.O=C(O)C(=O)O. The number of carboxylic acids is 2. The minimum absolute atomic E-state index is 0.748. The topological polar surface area (TPSA) is 113 Å². The summed E-state index contributed by atoms with van der Waals surface area (Å²) < 4.78 is 14.7. The van der Waals surface area contributed by atoms with Crippen LogP contribution in [0.25, 0.3) is 5.57 Å². The van der Waals surface area contributed by atoms with Gasteiger partial charge in [0.2, 0.25) is 0 Å². The van der Waals surface area contributed by atoms with Crippen LogP contribution in [0.2, 0.25) is 0 Å². The average molecular weight is 397 g/mol. The summed E-state index contributed by atoms with van der Waals surface area (Å²) >= 11 is 1.26. The number of likely N-dealkylation sites (N-methyl/N-ethyl adjacent to an activating group) is 1. The molecule has 0 spiro atoms. The van der Waals surface area contributed by atoms with Crippen LogP contribution in [0.1, 0.15) is 50.6 Å². The van der Waals surface area contributed by atoms with Crippen molar-refractivity contribution in [1.29, 1.82) is 0 Å². The molecule has 1 aromatic heterocycles. The first-order valence-electron chi connectivity index (χ1n) is 9.27. The van der Waals surface area contributed by atoms with Crippen LogP contribution >= 0.6 is 11.7 Å². The van der Waals surface area contributed by atoms with Crippen molar-refractivity contribution in [1.82, 2.24) is 13.6 Å². The molecule has 0 bridgehead atoms. The van der Waals surface area contributed by atoms with E-state index in [0.717, 1.165) is 50.0 Å². The highest BCUT2D eigenvalue weighted by Crippen LogP contribution is 2.29. The molecule has 2 heterocycles. The molecule has 3 rings (SSSR count). The third kappa shape index (κ3) is 7.26. The zero-order chi connectivity index (χ0) is 19.6. The van der Waals surface area contributed by atoms with E-state index in [-0.39, 0.29) is 0 Å². The maximum atomic E-state index is 9.10. The molecule has 0 amide bonds. The number of aliphatic carboxylic acids is 2. The summed E-state index contributed by atoms with van der Waals surface area (Å²) in [5.41, 5.74) is 2.24. The van der Waals surface area contributed by atoms with Crippen LogP contribution in [0.4, 0.5) is 0 Å². The zero-order valence-electron chi connectivity index (χ0n) is 15.6. The Hall–Kier alpha value is -2.00. The molecule has 0 radical (unpaired) electrons. The van der Waals surface area contributed by atoms with Gasteiger partial charge in [0.1, 0.15) is 5.69 Å². The molecule has 1 aromatic rings. The summed E-state index contributed by atoms with van der Waals surface area (Å²) in [4.78, 5) is 20.5. The summed E-state index contributed by atoms with van der Waals surface area (Å²) in [7, 11) is 2.15. The molecule has 8 nitrogen and oxygen atoms in total. The van der Waals surface area contributed by atoms with Gasteiger partial charge in [-0.3, -0.25) is 0 Å².